The van der Waals surface area contributed by atoms with Gasteiger partial charge in [-0.25, -0.2) is 0 Å². The molecule has 4 heteroatoms. The number of anilines is 1. The van der Waals surface area contributed by atoms with E-state index in [2.05, 4.69) is 59.1 Å². The van der Waals surface area contributed by atoms with Crippen LogP contribution in [0.4, 0.5) is 5.69 Å². The molecule has 2 aromatic rings. The molecule has 0 heterocycles. The number of aryl methyl sites for hydroxylation is 2. The first-order chi connectivity index (χ1) is 10.0. The van der Waals surface area contributed by atoms with Crippen LogP contribution in [0.15, 0.2) is 30.3 Å². The molecular weight excluding hydrogens is 377 g/mol. The van der Waals surface area contributed by atoms with Gasteiger partial charge in [0.2, 0.25) is 0 Å². The van der Waals surface area contributed by atoms with E-state index >= 15 is 0 Å². The molecule has 2 rings (SSSR count). The van der Waals surface area contributed by atoms with Gasteiger partial charge in [-0.1, -0.05) is 12.1 Å². The minimum atomic E-state index is 0.750. The zero-order chi connectivity index (χ0) is 15.4. The summed E-state index contributed by atoms with van der Waals surface area (Å²) >= 11 is 2.35. The van der Waals surface area contributed by atoms with Crippen molar-refractivity contribution in [1.82, 2.24) is 0 Å². The maximum absolute atomic E-state index is 5.39. The second-order valence-corrected chi connectivity index (χ2v) is 6.13. The average Bonchev–Trinajstić information content (AvgIpc) is 2.47. The van der Waals surface area contributed by atoms with Gasteiger partial charge in [0.1, 0.15) is 0 Å². The van der Waals surface area contributed by atoms with Gasteiger partial charge in [-0.3, -0.25) is 0 Å². The van der Waals surface area contributed by atoms with Crippen LogP contribution in [-0.2, 0) is 6.54 Å². The molecule has 0 aliphatic heterocycles. The van der Waals surface area contributed by atoms with E-state index in [-0.39, 0.29) is 0 Å². The largest absolute Gasteiger partial charge is 0.493 e. The van der Waals surface area contributed by atoms with Crippen LogP contribution in [-0.4, -0.2) is 14.2 Å². The fraction of sp³-hybridized carbons (Fsp3) is 0.294. The number of rotatable bonds is 5. The van der Waals surface area contributed by atoms with Crippen molar-refractivity contribution >= 4 is 28.3 Å². The molecule has 0 aromatic heterocycles. The lowest BCUT2D eigenvalue weighted by molar-refractivity contribution is 0.352. The topological polar surface area (TPSA) is 30.5 Å². The normalized spacial score (nSPS) is 10.3. The molecule has 3 nitrogen and oxygen atoms in total. The average molecular weight is 397 g/mol. The Morgan fingerprint density at radius 2 is 1.76 bits per heavy atom. The summed E-state index contributed by atoms with van der Waals surface area (Å²) in [6, 6.07) is 10.5. The van der Waals surface area contributed by atoms with Crippen LogP contribution in [0.2, 0.25) is 0 Å². The Kier molecular flexibility index (Phi) is 5.33. The van der Waals surface area contributed by atoms with Gasteiger partial charge < -0.3 is 14.8 Å². The van der Waals surface area contributed by atoms with Gasteiger partial charge >= 0.3 is 0 Å². The molecule has 0 saturated carbocycles. The molecule has 112 valence electrons. The van der Waals surface area contributed by atoms with Crippen LogP contribution >= 0.6 is 22.6 Å². The van der Waals surface area contributed by atoms with Crippen molar-refractivity contribution in [2.24, 2.45) is 0 Å². The fourth-order valence-corrected chi connectivity index (χ4v) is 2.75. The summed E-state index contributed by atoms with van der Waals surface area (Å²) in [6.07, 6.45) is 0. The van der Waals surface area contributed by atoms with Crippen molar-refractivity contribution in [2.75, 3.05) is 19.5 Å². The van der Waals surface area contributed by atoms with Crippen LogP contribution in [0.1, 0.15) is 16.7 Å². The highest BCUT2D eigenvalue weighted by molar-refractivity contribution is 14.1. The van der Waals surface area contributed by atoms with Gasteiger partial charge in [0, 0.05) is 15.8 Å². The molecule has 0 bridgehead atoms. The summed E-state index contributed by atoms with van der Waals surface area (Å²) in [5.74, 6) is 1.57. The summed E-state index contributed by atoms with van der Waals surface area (Å²) in [7, 11) is 3.33. The summed E-state index contributed by atoms with van der Waals surface area (Å²) in [5.41, 5.74) is 4.66. The van der Waals surface area contributed by atoms with Crippen LogP contribution in [0.5, 0.6) is 11.5 Å². The number of benzene rings is 2. The van der Waals surface area contributed by atoms with Crippen LogP contribution in [0.25, 0.3) is 0 Å². The first-order valence-corrected chi connectivity index (χ1v) is 7.84. The monoisotopic (exact) mass is 397 g/mol. The molecule has 0 fully saturated rings. The number of ether oxygens (including phenoxy) is 2. The summed E-state index contributed by atoms with van der Waals surface area (Å²) < 4.78 is 12.0. The summed E-state index contributed by atoms with van der Waals surface area (Å²) in [5, 5.41) is 3.44. The summed E-state index contributed by atoms with van der Waals surface area (Å²) in [6.45, 7) is 4.89. The molecule has 0 atom stereocenters. The Bertz CT molecular complexity index is 641. The molecule has 0 spiro atoms. The van der Waals surface area contributed by atoms with E-state index in [1.165, 1.54) is 14.7 Å². The molecule has 0 saturated heterocycles. The van der Waals surface area contributed by atoms with E-state index in [1.807, 2.05) is 13.0 Å². The van der Waals surface area contributed by atoms with E-state index < -0.39 is 0 Å². The van der Waals surface area contributed by atoms with Gasteiger partial charge in [0.05, 0.1) is 14.2 Å². The molecule has 0 aliphatic rings. The minimum absolute atomic E-state index is 0.750. The van der Waals surface area contributed by atoms with Crippen LogP contribution in [0, 0.1) is 17.4 Å². The van der Waals surface area contributed by atoms with Crippen LogP contribution in [0.3, 0.4) is 0 Å². The minimum Gasteiger partial charge on any atom is -0.493 e. The van der Waals surface area contributed by atoms with Crippen molar-refractivity contribution in [3.8, 4) is 11.5 Å². The zero-order valence-electron chi connectivity index (χ0n) is 12.8. The van der Waals surface area contributed by atoms with Crippen molar-refractivity contribution in [3.63, 3.8) is 0 Å². The predicted molar refractivity (Wildman–Crippen MR) is 95.5 cm³/mol. The lowest BCUT2D eigenvalue weighted by Crippen LogP contribution is -2.02. The highest BCUT2D eigenvalue weighted by atomic mass is 127. The van der Waals surface area contributed by atoms with Crippen molar-refractivity contribution in [1.29, 1.82) is 0 Å². The zero-order valence-corrected chi connectivity index (χ0v) is 14.9. The third-order valence-corrected chi connectivity index (χ3v) is 4.56. The Hall–Kier alpha value is -1.43. The fourth-order valence-electron chi connectivity index (χ4n) is 2.24. The number of halogens is 1. The Balaban J connectivity index is 2.16. The molecular formula is C17H20INO2. The van der Waals surface area contributed by atoms with Crippen molar-refractivity contribution in [2.45, 2.75) is 20.4 Å². The molecule has 0 radical (unpaired) electrons. The predicted octanol–water partition coefficient (Wildman–Crippen LogP) is 4.54. The number of hydrogen-bond acceptors (Lipinski definition) is 3. The van der Waals surface area contributed by atoms with Crippen LogP contribution < -0.4 is 14.8 Å². The Morgan fingerprint density at radius 1 is 1.00 bits per heavy atom. The molecule has 0 aliphatic carbocycles. The third kappa shape index (κ3) is 3.81. The van der Waals surface area contributed by atoms with Gasteiger partial charge in [0.15, 0.2) is 11.5 Å². The maximum Gasteiger partial charge on any atom is 0.163 e. The molecule has 2 aromatic carbocycles. The smallest absolute Gasteiger partial charge is 0.163 e. The third-order valence-electron chi connectivity index (χ3n) is 3.39. The molecule has 21 heavy (non-hydrogen) atoms. The van der Waals surface area contributed by atoms with E-state index in [4.69, 9.17) is 9.47 Å². The van der Waals surface area contributed by atoms with Gasteiger partial charge in [-0.05, 0) is 71.3 Å². The SMILES string of the molecule is COc1cc(CNc2ccc(C)c(I)c2)cc(C)c1OC. The maximum atomic E-state index is 5.39. The first kappa shape index (κ1) is 15.9. The number of methoxy groups -OCH3 is 2. The van der Waals surface area contributed by atoms with E-state index in [9.17, 15) is 0 Å². The quantitative estimate of drug-likeness (QED) is 0.752. The second kappa shape index (κ2) is 7.02. The molecule has 0 unspecified atom stereocenters. The summed E-state index contributed by atoms with van der Waals surface area (Å²) in [4.78, 5) is 0. The van der Waals surface area contributed by atoms with E-state index in [0.717, 1.165) is 29.3 Å². The lowest BCUT2D eigenvalue weighted by Gasteiger charge is -2.14. The van der Waals surface area contributed by atoms with Crippen molar-refractivity contribution < 1.29 is 9.47 Å². The highest BCUT2D eigenvalue weighted by Crippen LogP contribution is 2.32. The Morgan fingerprint density at radius 3 is 2.38 bits per heavy atom. The van der Waals surface area contributed by atoms with Gasteiger partial charge in [-0.2, -0.15) is 0 Å². The highest BCUT2D eigenvalue weighted by Gasteiger charge is 2.09. The first-order valence-electron chi connectivity index (χ1n) is 6.76. The van der Waals surface area contributed by atoms with E-state index in [0.29, 0.717) is 0 Å². The van der Waals surface area contributed by atoms with Gasteiger partial charge in [0.25, 0.3) is 0 Å². The Labute approximate surface area is 139 Å². The number of nitrogens with one attached hydrogen (secondary N) is 1. The van der Waals surface area contributed by atoms with Crippen molar-refractivity contribution in [3.05, 3.63) is 50.6 Å². The second-order valence-electron chi connectivity index (χ2n) is 4.97. The van der Waals surface area contributed by atoms with E-state index in [1.54, 1.807) is 14.2 Å². The van der Waals surface area contributed by atoms with Gasteiger partial charge in [-0.15, -0.1) is 0 Å². The number of hydrogen-bond donors (Lipinski definition) is 1. The molecule has 0 amide bonds. The standard InChI is InChI=1S/C17H20INO2/c1-11-5-6-14(9-15(11)18)19-10-13-7-12(2)17(21-4)16(8-13)20-3/h5-9,19H,10H2,1-4H3. The molecule has 1 N–H and O–H groups in total. The lowest BCUT2D eigenvalue weighted by atomic mass is 10.1.